The predicted octanol–water partition coefficient (Wildman–Crippen LogP) is 1.56. The van der Waals surface area contributed by atoms with Gasteiger partial charge in [0.15, 0.2) is 0 Å². The normalized spacial score (nSPS) is 19.4. The van der Waals surface area contributed by atoms with Crippen LogP contribution in [0.4, 0.5) is 0 Å². The van der Waals surface area contributed by atoms with Gasteiger partial charge in [-0.2, -0.15) is 0 Å². The molecular formula is C13H23NO4. The van der Waals surface area contributed by atoms with Crippen molar-refractivity contribution >= 4 is 11.9 Å². The van der Waals surface area contributed by atoms with Crippen LogP contribution in [0.25, 0.3) is 0 Å². The smallest absolute Gasteiger partial charge is 0.326 e. The van der Waals surface area contributed by atoms with Gasteiger partial charge in [0, 0.05) is 13.7 Å². The summed E-state index contributed by atoms with van der Waals surface area (Å²) in [6.45, 7) is 2.30. The second-order valence-electron chi connectivity index (χ2n) is 5.00. The number of ether oxygens (including phenoxy) is 1. The summed E-state index contributed by atoms with van der Waals surface area (Å²) in [6, 6.07) is -0.780. The van der Waals surface area contributed by atoms with Gasteiger partial charge in [0.05, 0.1) is 5.41 Å². The maximum Gasteiger partial charge on any atom is 0.326 e. The number of methoxy groups -OCH3 is 1. The molecule has 1 saturated carbocycles. The first-order valence-corrected chi connectivity index (χ1v) is 6.58. The van der Waals surface area contributed by atoms with Crippen LogP contribution < -0.4 is 5.32 Å². The van der Waals surface area contributed by atoms with Gasteiger partial charge in [-0.15, -0.1) is 0 Å². The minimum absolute atomic E-state index is 0.119. The van der Waals surface area contributed by atoms with E-state index >= 15 is 0 Å². The Morgan fingerprint density at radius 1 is 1.39 bits per heavy atom. The molecule has 0 aromatic rings. The molecule has 1 unspecified atom stereocenters. The lowest BCUT2D eigenvalue weighted by atomic mass is 9.81. The molecule has 1 amide bonds. The van der Waals surface area contributed by atoms with Crippen LogP contribution in [0, 0.1) is 5.41 Å². The summed E-state index contributed by atoms with van der Waals surface area (Å²) in [6.07, 6.45) is 4.80. The van der Waals surface area contributed by atoms with Crippen LogP contribution in [0.2, 0.25) is 0 Å². The molecule has 2 N–H and O–H groups in total. The van der Waals surface area contributed by atoms with Gasteiger partial charge >= 0.3 is 5.97 Å². The third-order valence-corrected chi connectivity index (χ3v) is 3.84. The molecule has 0 heterocycles. The standard InChI is InChI=1S/C13H23NO4/c1-3-10(11(15)16)14-12(17)13(8-9-18-2)6-4-5-7-13/h10H,3-9H2,1-2H3,(H,14,17)(H,15,16). The van der Waals surface area contributed by atoms with Crippen LogP contribution in [0.5, 0.6) is 0 Å². The number of carboxylic acids is 1. The minimum atomic E-state index is -0.967. The Morgan fingerprint density at radius 2 is 2.00 bits per heavy atom. The van der Waals surface area contributed by atoms with Crippen LogP contribution in [0.15, 0.2) is 0 Å². The number of amides is 1. The molecule has 1 atom stereocenters. The van der Waals surface area contributed by atoms with Gasteiger partial charge in [-0.25, -0.2) is 4.79 Å². The first kappa shape index (κ1) is 15.0. The molecular weight excluding hydrogens is 234 g/mol. The van der Waals surface area contributed by atoms with Crippen molar-refractivity contribution in [2.24, 2.45) is 5.41 Å². The Labute approximate surface area is 108 Å². The highest BCUT2D eigenvalue weighted by molar-refractivity contribution is 5.87. The molecule has 0 spiro atoms. The first-order chi connectivity index (χ1) is 8.55. The Hall–Kier alpha value is -1.10. The van der Waals surface area contributed by atoms with E-state index < -0.39 is 17.4 Å². The molecule has 0 bridgehead atoms. The maximum absolute atomic E-state index is 12.3. The Morgan fingerprint density at radius 3 is 2.44 bits per heavy atom. The first-order valence-electron chi connectivity index (χ1n) is 6.58. The summed E-state index contributed by atoms with van der Waals surface area (Å²) in [5.74, 6) is -1.09. The van der Waals surface area contributed by atoms with E-state index in [0.29, 0.717) is 19.4 Å². The van der Waals surface area contributed by atoms with E-state index in [4.69, 9.17) is 9.84 Å². The van der Waals surface area contributed by atoms with Crippen molar-refractivity contribution < 1.29 is 19.4 Å². The van der Waals surface area contributed by atoms with Crippen LogP contribution in [0.3, 0.4) is 0 Å². The Bertz CT molecular complexity index is 297. The number of nitrogens with one attached hydrogen (secondary N) is 1. The number of aliphatic carboxylic acids is 1. The van der Waals surface area contributed by atoms with E-state index in [1.165, 1.54) is 0 Å². The second-order valence-corrected chi connectivity index (χ2v) is 5.00. The molecule has 5 heteroatoms. The Kier molecular flexibility index (Phi) is 5.59. The highest BCUT2D eigenvalue weighted by atomic mass is 16.5. The molecule has 0 saturated heterocycles. The van der Waals surface area contributed by atoms with Crippen LogP contribution in [-0.4, -0.2) is 36.7 Å². The van der Waals surface area contributed by atoms with E-state index in [1.54, 1.807) is 14.0 Å². The number of rotatable bonds is 7. The van der Waals surface area contributed by atoms with E-state index in [1.807, 2.05) is 0 Å². The van der Waals surface area contributed by atoms with Gasteiger partial charge in [-0.05, 0) is 25.7 Å². The SMILES string of the molecule is CCC(NC(=O)C1(CCOC)CCCC1)C(=O)O. The van der Waals surface area contributed by atoms with Crippen LogP contribution >= 0.6 is 0 Å². The molecule has 1 aliphatic rings. The number of carbonyl (C=O) groups is 2. The predicted molar refractivity (Wildman–Crippen MR) is 67.3 cm³/mol. The third kappa shape index (κ3) is 3.45. The summed E-state index contributed by atoms with van der Waals surface area (Å²) in [4.78, 5) is 23.3. The second kappa shape index (κ2) is 6.73. The van der Waals surface area contributed by atoms with Gasteiger partial charge < -0.3 is 15.2 Å². The molecule has 0 aliphatic heterocycles. The highest BCUT2D eigenvalue weighted by Gasteiger charge is 2.41. The summed E-state index contributed by atoms with van der Waals surface area (Å²) >= 11 is 0. The van der Waals surface area contributed by atoms with Gasteiger partial charge in [0.25, 0.3) is 0 Å². The zero-order chi connectivity index (χ0) is 13.6. The zero-order valence-corrected chi connectivity index (χ0v) is 11.2. The topological polar surface area (TPSA) is 75.6 Å². The summed E-state index contributed by atoms with van der Waals surface area (Å²) in [5.41, 5.74) is -0.418. The van der Waals surface area contributed by atoms with Crippen molar-refractivity contribution in [1.82, 2.24) is 5.32 Å². The fraction of sp³-hybridized carbons (Fsp3) is 0.846. The average molecular weight is 257 g/mol. The van der Waals surface area contributed by atoms with Crippen molar-refractivity contribution in [3.63, 3.8) is 0 Å². The van der Waals surface area contributed by atoms with Gasteiger partial charge in [0.1, 0.15) is 6.04 Å². The van der Waals surface area contributed by atoms with Crippen molar-refractivity contribution in [3.8, 4) is 0 Å². The molecule has 1 aliphatic carbocycles. The molecule has 104 valence electrons. The average Bonchev–Trinajstić information content (AvgIpc) is 2.82. The van der Waals surface area contributed by atoms with E-state index in [-0.39, 0.29) is 5.91 Å². The Balaban J connectivity index is 2.67. The van der Waals surface area contributed by atoms with Crippen LogP contribution in [-0.2, 0) is 14.3 Å². The fourth-order valence-electron chi connectivity index (χ4n) is 2.59. The number of hydrogen-bond donors (Lipinski definition) is 2. The zero-order valence-electron chi connectivity index (χ0n) is 11.2. The lowest BCUT2D eigenvalue weighted by molar-refractivity contribution is -0.144. The van der Waals surface area contributed by atoms with Gasteiger partial charge in [0.2, 0.25) is 5.91 Å². The van der Waals surface area contributed by atoms with E-state index in [9.17, 15) is 9.59 Å². The molecule has 0 radical (unpaired) electrons. The third-order valence-electron chi connectivity index (χ3n) is 3.84. The molecule has 1 fully saturated rings. The monoisotopic (exact) mass is 257 g/mol. The van der Waals surface area contributed by atoms with E-state index in [0.717, 1.165) is 25.7 Å². The van der Waals surface area contributed by atoms with Crippen molar-refractivity contribution in [2.75, 3.05) is 13.7 Å². The van der Waals surface area contributed by atoms with Crippen molar-refractivity contribution in [3.05, 3.63) is 0 Å². The molecule has 0 aromatic carbocycles. The number of carbonyl (C=O) groups excluding carboxylic acids is 1. The highest BCUT2D eigenvalue weighted by Crippen LogP contribution is 2.41. The lowest BCUT2D eigenvalue weighted by Crippen LogP contribution is -2.47. The fourth-order valence-corrected chi connectivity index (χ4v) is 2.59. The maximum atomic E-state index is 12.3. The lowest BCUT2D eigenvalue weighted by Gasteiger charge is -2.28. The molecule has 5 nitrogen and oxygen atoms in total. The van der Waals surface area contributed by atoms with E-state index in [2.05, 4.69) is 5.32 Å². The summed E-state index contributed by atoms with van der Waals surface area (Å²) in [7, 11) is 1.62. The van der Waals surface area contributed by atoms with Crippen LogP contribution in [0.1, 0.15) is 45.4 Å². The number of carboxylic acid groups (broad SMARTS) is 1. The molecule has 1 rings (SSSR count). The summed E-state index contributed by atoms with van der Waals surface area (Å²) < 4.78 is 5.06. The molecule has 0 aromatic heterocycles. The van der Waals surface area contributed by atoms with Crippen molar-refractivity contribution in [1.29, 1.82) is 0 Å². The minimum Gasteiger partial charge on any atom is -0.480 e. The number of hydrogen-bond acceptors (Lipinski definition) is 3. The molecule has 18 heavy (non-hydrogen) atoms. The van der Waals surface area contributed by atoms with Gasteiger partial charge in [-0.3, -0.25) is 4.79 Å². The van der Waals surface area contributed by atoms with Gasteiger partial charge in [-0.1, -0.05) is 19.8 Å². The summed E-state index contributed by atoms with van der Waals surface area (Å²) in [5, 5.41) is 11.6. The largest absolute Gasteiger partial charge is 0.480 e. The quantitative estimate of drug-likeness (QED) is 0.725. The van der Waals surface area contributed by atoms with Crippen molar-refractivity contribution in [2.45, 2.75) is 51.5 Å².